The molecule has 0 aliphatic carbocycles. The van der Waals surface area contributed by atoms with Gasteiger partial charge in [0.05, 0.1) is 27.0 Å². The quantitative estimate of drug-likeness (QED) is 0.719. The first-order valence-corrected chi connectivity index (χ1v) is 8.22. The molecule has 1 aromatic carbocycles. The molecule has 2 aromatic rings. The first kappa shape index (κ1) is 18.8. The van der Waals surface area contributed by atoms with E-state index in [2.05, 4.69) is 20.9 Å². The van der Waals surface area contributed by atoms with Gasteiger partial charge in [-0.05, 0) is 48.3 Å². The average molecular weight is 407 g/mol. The van der Waals surface area contributed by atoms with Crippen LogP contribution in [0, 0.1) is 0 Å². The zero-order valence-electron chi connectivity index (χ0n) is 13.4. The van der Waals surface area contributed by atoms with Crippen LogP contribution in [-0.4, -0.2) is 17.3 Å². The Labute approximate surface area is 146 Å². The number of hydrogen-bond acceptors (Lipinski definition) is 4. The summed E-state index contributed by atoms with van der Waals surface area (Å²) in [4.78, 5) is 4.16. The molecular formula is C16H18BrF3N2O2. The predicted octanol–water partition coefficient (Wildman–Crippen LogP) is 4.88. The predicted molar refractivity (Wildman–Crippen MR) is 89.1 cm³/mol. The number of nitrogens with two attached hydrogens (primary N) is 1. The third kappa shape index (κ3) is 4.10. The van der Waals surface area contributed by atoms with E-state index in [9.17, 15) is 13.2 Å². The lowest BCUT2D eigenvalue weighted by Gasteiger charge is -2.20. The van der Waals surface area contributed by atoms with E-state index in [1.165, 1.54) is 6.07 Å². The molecule has 24 heavy (non-hydrogen) atoms. The van der Waals surface area contributed by atoms with E-state index in [0.29, 0.717) is 10.9 Å². The number of fused-ring (bicyclic) bond motifs is 1. The number of hydrogen-bond donors (Lipinski definition) is 1. The number of benzene rings is 1. The minimum atomic E-state index is -4.59. The van der Waals surface area contributed by atoms with Crippen LogP contribution in [0.5, 0.6) is 11.6 Å². The fourth-order valence-electron chi connectivity index (χ4n) is 2.12. The van der Waals surface area contributed by atoms with Crippen LogP contribution in [0.1, 0.15) is 32.8 Å². The monoisotopic (exact) mass is 406 g/mol. The highest BCUT2D eigenvalue weighted by molar-refractivity contribution is 9.10. The van der Waals surface area contributed by atoms with E-state index in [-0.39, 0.29) is 28.6 Å². The zero-order valence-corrected chi connectivity index (χ0v) is 15.0. The van der Waals surface area contributed by atoms with Crippen molar-refractivity contribution in [2.75, 3.05) is 0 Å². The van der Waals surface area contributed by atoms with Gasteiger partial charge >= 0.3 is 6.18 Å². The number of ether oxygens (including phenoxy) is 2. The van der Waals surface area contributed by atoms with Gasteiger partial charge in [-0.2, -0.15) is 13.2 Å². The number of rotatable bonds is 5. The zero-order chi connectivity index (χ0) is 18.1. The van der Waals surface area contributed by atoms with Crippen LogP contribution in [0.25, 0.3) is 10.9 Å². The second-order valence-corrected chi connectivity index (χ2v) is 6.36. The van der Waals surface area contributed by atoms with E-state index >= 15 is 0 Å². The van der Waals surface area contributed by atoms with Crippen molar-refractivity contribution < 1.29 is 22.6 Å². The van der Waals surface area contributed by atoms with Crippen LogP contribution in [0.4, 0.5) is 13.2 Å². The summed E-state index contributed by atoms with van der Waals surface area (Å²) in [5, 5.41) is -0.142. The molecule has 8 heteroatoms. The fraction of sp³-hybridized carbons (Fsp3) is 0.438. The highest BCUT2D eigenvalue weighted by Crippen LogP contribution is 2.43. The molecule has 1 atom stereocenters. The third-order valence-electron chi connectivity index (χ3n) is 3.19. The Bertz CT molecular complexity index is 735. The van der Waals surface area contributed by atoms with Crippen molar-refractivity contribution in [1.29, 1.82) is 0 Å². The number of pyridine rings is 1. The van der Waals surface area contributed by atoms with Gasteiger partial charge in [0.15, 0.2) is 0 Å². The van der Waals surface area contributed by atoms with E-state index in [4.69, 9.17) is 15.2 Å². The van der Waals surface area contributed by atoms with Gasteiger partial charge < -0.3 is 9.47 Å². The molecule has 0 bridgehead atoms. The van der Waals surface area contributed by atoms with Crippen molar-refractivity contribution in [3.05, 3.63) is 28.2 Å². The minimum Gasteiger partial charge on any atom is -0.475 e. The summed E-state index contributed by atoms with van der Waals surface area (Å²) >= 11 is 3.23. The molecule has 0 aliphatic heterocycles. The molecule has 0 amide bonds. The number of halogens is 4. The lowest BCUT2D eigenvalue weighted by molar-refractivity contribution is -0.136. The molecule has 2 N–H and O–H groups in total. The van der Waals surface area contributed by atoms with E-state index in [1.807, 2.05) is 0 Å². The summed E-state index contributed by atoms with van der Waals surface area (Å²) in [6, 6.07) is 3.94. The Morgan fingerprint density at radius 3 is 2.46 bits per heavy atom. The van der Waals surface area contributed by atoms with Gasteiger partial charge in [-0.1, -0.05) is 6.92 Å². The number of nitrogens with zero attached hydrogens (tertiary/aromatic N) is 1. The van der Waals surface area contributed by atoms with Crippen molar-refractivity contribution in [2.24, 2.45) is 5.73 Å². The molecule has 0 radical (unpaired) electrons. The van der Waals surface area contributed by atoms with Gasteiger partial charge in [0.25, 0.3) is 0 Å². The number of alkyl halides is 3. The third-order valence-corrected chi connectivity index (χ3v) is 3.81. The largest absolute Gasteiger partial charge is 0.475 e. The van der Waals surface area contributed by atoms with Gasteiger partial charge in [-0.25, -0.2) is 4.98 Å². The van der Waals surface area contributed by atoms with E-state index < -0.39 is 18.0 Å². The maximum absolute atomic E-state index is 13.6. The van der Waals surface area contributed by atoms with Crippen LogP contribution >= 0.6 is 15.9 Å². The summed E-state index contributed by atoms with van der Waals surface area (Å²) in [6.07, 6.45) is -5.16. The van der Waals surface area contributed by atoms with Crippen LogP contribution in [0.15, 0.2) is 22.7 Å². The molecule has 0 saturated heterocycles. The molecular weight excluding hydrogens is 389 g/mol. The molecule has 132 valence electrons. The van der Waals surface area contributed by atoms with Gasteiger partial charge in [-0.15, -0.1) is 0 Å². The molecule has 1 aromatic heterocycles. The van der Waals surface area contributed by atoms with Crippen LogP contribution < -0.4 is 15.2 Å². The maximum Gasteiger partial charge on any atom is 0.417 e. The smallest absolute Gasteiger partial charge is 0.417 e. The SMILES string of the molecule is CCC(N)Oc1c(Br)ccc2nc(OC(C)C)cc(C(F)(F)F)c12. The molecule has 2 rings (SSSR count). The molecule has 0 aliphatic rings. The van der Waals surface area contributed by atoms with Crippen LogP contribution in [0.3, 0.4) is 0 Å². The molecule has 1 unspecified atom stereocenters. The van der Waals surface area contributed by atoms with Crippen molar-refractivity contribution in [3.63, 3.8) is 0 Å². The minimum absolute atomic E-state index is 0.0257. The van der Waals surface area contributed by atoms with Crippen molar-refractivity contribution in [2.45, 2.75) is 45.7 Å². The first-order valence-electron chi connectivity index (χ1n) is 7.42. The van der Waals surface area contributed by atoms with E-state index in [1.54, 1.807) is 26.8 Å². The average Bonchev–Trinajstić information content (AvgIpc) is 2.47. The van der Waals surface area contributed by atoms with Gasteiger partial charge in [0.1, 0.15) is 12.0 Å². The molecule has 0 saturated carbocycles. The maximum atomic E-state index is 13.6. The van der Waals surface area contributed by atoms with Crippen LogP contribution in [-0.2, 0) is 6.18 Å². The highest BCUT2D eigenvalue weighted by atomic mass is 79.9. The highest BCUT2D eigenvalue weighted by Gasteiger charge is 2.36. The second kappa shape index (κ2) is 7.14. The Kier molecular flexibility index (Phi) is 5.59. The van der Waals surface area contributed by atoms with Gasteiger partial charge in [0.2, 0.25) is 5.88 Å². The Morgan fingerprint density at radius 1 is 1.25 bits per heavy atom. The first-order chi connectivity index (χ1) is 11.1. The lowest BCUT2D eigenvalue weighted by atomic mass is 10.1. The van der Waals surface area contributed by atoms with Crippen molar-refractivity contribution >= 4 is 26.8 Å². The topological polar surface area (TPSA) is 57.4 Å². The molecule has 1 heterocycles. The van der Waals surface area contributed by atoms with Crippen LogP contribution in [0.2, 0.25) is 0 Å². The Hall–Kier alpha value is -1.54. The molecule has 4 nitrogen and oxygen atoms in total. The van der Waals surface area contributed by atoms with Gasteiger partial charge in [0, 0.05) is 6.07 Å². The standard InChI is InChI=1S/C16H18BrF3N2O2/c1-4-12(21)24-15-10(17)5-6-11-14(15)9(16(18,19)20)7-13(22-11)23-8(2)3/h5-8,12H,4,21H2,1-3H3. The second-order valence-electron chi connectivity index (χ2n) is 5.51. The normalized spacial score (nSPS) is 13.4. The molecule has 0 spiro atoms. The summed E-state index contributed by atoms with van der Waals surface area (Å²) < 4.78 is 52.0. The van der Waals surface area contributed by atoms with Crippen molar-refractivity contribution in [3.8, 4) is 11.6 Å². The van der Waals surface area contributed by atoms with E-state index in [0.717, 1.165) is 6.07 Å². The Morgan fingerprint density at radius 2 is 1.92 bits per heavy atom. The lowest BCUT2D eigenvalue weighted by Crippen LogP contribution is -2.26. The Balaban J connectivity index is 2.76. The summed E-state index contributed by atoms with van der Waals surface area (Å²) in [5.41, 5.74) is 5.00. The molecule has 0 fully saturated rings. The van der Waals surface area contributed by atoms with Gasteiger partial charge in [-0.3, -0.25) is 5.73 Å². The van der Waals surface area contributed by atoms with Crippen molar-refractivity contribution in [1.82, 2.24) is 4.98 Å². The summed E-state index contributed by atoms with van der Waals surface area (Å²) in [7, 11) is 0. The number of aromatic nitrogens is 1. The fourth-order valence-corrected chi connectivity index (χ4v) is 2.55. The summed E-state index contributed by atoms with van der Waals surface area (Å²) in [6.45, 7) is 5.21. The summed E-state index contributed by atoms with van der Waals surface area (Å²) in [5.74, 6) is -0.0596.